The molecule has 0 bridgehead atoms. The van der Waals surface area contributed by atoms with E-state index in [0.717, 1.165) is 5.56 Å². The summed E-state index contributed by atoms with van der Waals surface area (Å²) < 4.78 is 13.5. The van der Waals surface area contributed by atoms with Crippen LogP contribution in [0.15, 0.2) is 36.5 Å². The van der Waals surface area contributed by atoms with Crippen molar-refractivity contribution in [2.75, 3.05) is 5.32 Å². The van der Waals surface area contributed by atoms with Crippen molar-refractivity contribution in [1.82, 2.24) is 4.98 Å². The normalized spacial score (nSPS) is 10.3. The van der Waals surface area contributed by atoms with Gasteiger partial charge in [0, 0.05) is 12.7 Å². The number of hydrogen-bond acceptors (Lipinski definition) is 2. The molecule has 0 radical (unpaired) electrons. The van der Waals surface area contributed by atoms with Gasteiger partial charge in [0.25, 0.3) is 0 Å². The molecule has 0 aliphatic carbocycles. The number of benzene rings is 1. The minimum absolute atomic E-state index is 0.101. The van der Waals surface area contributed by atoms with Crippen molar-refractivity contribution in [1.29, 1.82) is 0 Å². The highest BCUT2D eigenvalue weighted by Crippen LogP contribution is 2.22. The van der Waals surface area contributed by atoms with E-state index in [1.807, 2.05) is 6.07 Å². The van der Waals surface area contributed by atoms with Crippen molar-refractivity contribution < 1.29 is 4.39 Å². The van der Waals surface area contributed by atoms with Gasteiger partial charge in [-0.25, -0.2) is 9.37 Å². The number of hydrogen-bond donors (Lipinski definition) is 1. The molecule has 0 saturated carbocycles. The first-order valence-corrected chi connectivity index (χ1v) is 5.71. The number of rotatable bonds is 3. The van der Waals surface area contributed by atoms with Crippen molar-refractivity contribution in [3.05, 3.63) is 58.1 Å². The maximum absolute atomic E-state index is 13.5. The third kappa shape index (κ3) is 3.08. The monoisotopic (exact) mass is 270 g/mol. The zero-order valence-electron chi connectivity index (χ0n) is 8.75. The summed E-state index contributed by atoms with van der Waals surface area (Å²) in [4.78, 5) is 3.94. The molecular formula is C12H9Cl2FN2. The molecule has 2 aromatic rings. The molecule has 17 heavy (non-hydrogen) atoms. The SMILES string of the molecule is Fc1c(Cl)cccc1NCc1ccc(Cl)nc1. The molecule has 2 nitrogen and oxygen atoms in total. The van der Waals surface area contributed by atoms with Gasteiger partial charge in [0.2, 0.25) is 0 Å². The molecule has 1 heterocycles. The first kappa shape index (κ1) is 12.1. The summed E-state index contributed by atoms with van der Waals surface area (Å²) in [5.41, 5.74) is 1.28. The van der Waals surface area contributed by atoms with Crippen LogP contribution in [0.25, 0.3) is 0 Å². The topological polar surface area (TPSA) is 24.9 Å². The van der Waals surface area contributed by atoms with E-state index in [1.165, 1.54) is 6.07 Å². The van der Waals surface area contributed by atoms with Gasteiger partial charge in [-0.05, 0) is 23.8 Å². The zero-order valence-corrected chi connectivity index (χ0v) is 10.3. The smallest absolute Gasteiger partial charge is 0.164 e. The fraction of sp³-hybridized carbons (Fsp3) is 0.0833. The number of pyridine rings is 1. The van der Waals surface area contributed by atoms with Gasteiger partial charge in [0.05, 0.1) is 10.7 Å². The van der Waals surface area contributed by atoms with Crippen LogP contribution in [0.2, 0.25) is 10.2 Å². The van der Waals surface area contributed by atoms with Gasteiger partial charge >= 0.3 is 0 Å². The molecular weight excluding hydrogens is 262 g/mol. The molecule has 1 aromatic carbocycles. The first-order valence-electron chi connectivity index (χ1n) is 4.95. The van der Waals surface area contributed by atoms with Crippen LogP contribution in [0.5, 0.6) is 0 Å². The van der Waals surface area contributed by atoms with Crippen LogP contribution in [0.3, 0.4) is 0 Å². The number of nitrogens with one attached hydrogen (secondary N) is 1. The highest BCUT2D eigenvalue weighted by molar-refractivity contribution is 6.31. The fourth-order valence-electron chi connectivity index (χ4n) is 1.35. The van der Waals surface area contributed by atoms with Gasteiger partial charge in [-0.15, -0.1) is 0 Å². The van der Waals surface area contributed by atoms with Gasteiger partial charge in [-0.3, -0.25) is 0 Å². The van der Waals surface area contributed by atoms with Gasteiger partial charge in [0.1, 0.15) is 5.15 Å². The van der Waals surface area contributed by atoms with E-state index in [2.05, 4.69) is 10.3 Å². The Hall–Kier alpha value is -1.32. The van der Waals surface area contributed by atoms with E-state index >= 15 is 0 Å². The average Bonchev–Trinajstić information content (AvgIpc) is 2.33. The summed E-state index contributed by atoms with van der Waals surface area (Å²) in [6, 6.07) is 8.34. The fourth-order valence-corrected chi connectivity index (χ4v) is 1.63. The van der Waals surface area contributed by atoms with E-state index < -0.39 is 5.82 Å². The van der Waals surface area contributed by atoms with Gasteiger partial charge in [-0.1, -0.05) is 35.3 Å². The molecule has 5 heteroatoms. The summed E-state index contributed by atoms with van der Waals surface area (Å²) in [6.07, 6.45) is 1.64. The van der Waals surface area contributed by atoms with Crippen LogP contribution in [0, 0.1) is 5.82 Å². The molecule has 0 aliphatic heterocycles. The molecule has 0 saturated heterocycles. The minimum atomic E-state index is -0.448. The van der Waals surface area contributed by atoms with E-state index in [1.54, 1.807) is 24.4 Å². The second-order valence-corrected chi connectivity index (χ2v) is 4.24. The van der Waals surface area contributed by atoms with E-state index in [9.17, 15) is 4.39 Å². The molecule has 1 aromatic heterocycles. The second-order valence-electron chi connectivity index (χ2n) is 3.44. The standard InChI is InChI=1S/C12H9Cl2FN2/c13-9-2-1-3-10(12(9)15)16-6-8-4-5-11(14)17-7-8/h1-5,7,16H,6H2. The predicted octanol–water partition coefficient (Wildman–Crippen LogP) is 4.14. The lowest BCUT2D eigenvalue weighted by Gasteiger charge is -2.08. The van der Waals surface area contributed by atoms with Crippen molar-refractivity contribution in [2.45, 2.75) is 6.54 Å². The Morgan fingerprint density at radius 1 is 1.18 bits per heavy atom. The van der Waals surface area contributed by atoms with Crippen molar-refractivity contribution in [3.63, 3.8) is 0 Å². The van der Waals surface area contributed by atoms with Crippen LogP contribution in [0.4, 0.5) is 10.1 Å². The van der Waals surface area contributed by atoms with Crippen molar-refractivity contribution in [3.8, 4) is 0 Å². The van der Waals surface area contributed by atoms with Crippen LogP contribution in [-0.2, 0) is 6.54 Å². The Balaban J connectivity index is 2.07. The number of aromatic nitrogens is 1. The third-order valence-electron chi connectivity index (χ3n) is 2.22. The Bertz CT molecular complexity index is 514. The molecule has 88 valence electrons. The zero-order chi connectivity index (χ0) is 12.3. The molecule has 0 fully saturated rings. The minimum Gasteiger partial charge on any atom is -0.378 e. The van der Waals surface area contributed by atoms with Gasteiger partial charge < -0.3 is 5.32 Å². The van der Waals surface area contributed by atoms with Gasteiger partial charge in [-0.2, -0.15) is 0 Å². The first-order chi connectivity index (χ1) is 8.16. The molecule has 2 rings (SSSR count). The lowest BCUT2D eigenvalue weighted by atomic mass is 10.2. The van der Waals surface area contributed by atoms with E-state index in [-0.39, 0.29) is 5.02 Å². The average molecular weight is 271 g/mol. The third-order valence-corrected chi connectivity index (χ3v) is 2.74. The number of nitrogens with zero attached hydrogens (tertiary/aromatic N) is 1. The Kier molecular flexibility index (Phi) is 3.82. The van der Waals surface area contributed by atoms with E-state index in [0.29, 0.717) is 17.4 Å². The molecule has 0 amide bonds. The predicted molar refractivity (Wildman–Crippen MR) is 68.0 cm³/mol. The summed E-state index contributed by atoms with van der Waals surface area (Å²) in [7, 11) is 0. The summed E-state index contributed by atoms with van der Waals surface area (Å²) in [6.45, 7) is 0.460. The molecule has 0 atom stereocenters. The lowest BCUT2D eigenvalue weighted by Crippen LogP contribution is -2.01. The Labute approximate surface area is 108 Å². The molecule has 0 aliphatic rings. The highest BCUT2D eigenvalue weighted by Gasteiger charge is 2.05. The lowest BCUT2D eigenvalue weighted by molar-refractivity contribution is 0.630. The highest BCUT2D eigenvalue weighted by atomic mass is 35.5. The maximum atomic E-state index is 13.5. The molecule has 1 N–H and O–H groups in total. The Morgan fingerprint density at radius 3 is 2.71 bits per heavy atom. The number of anilines is 1. The van der Waals surface area contributed by atoms with Crippen LogP contribution in [0.1, 0.15) is 5.56 Å². The van der Waals surface area contributed by atoms with Crippen LogP contribution >= 0.6 is 23.2 Å². The van der Waals surface area contributed by atoms with Crippen LogP contribution < -0.4 is 5.32 Å². The van der Waals surface area contributed by atoms with Gasteiger partial charge in [0.15, 0.2) is 5.82 Å². The summed E-state index contributed by atoms with van der Waals surface area (Å²) >= 11 is 11.3. The largest absolute Gasteiger partial charge is 0.378 e. The molecule has 0 unspecified atom stereocenters. The molecule has 0 spiro atoms. The summed E-state index contributed by atoms with van der Waals surface area (Å²) in [5, 5.41) is 3.48. The maximum Gasteiger partial charge on any atom is 0.164 e. The Morgan fingerprint density at radius 2 is 2.00 bits per heavy atom. The van der Waals surface area contributed by atoms with Crippen molar-refractivity contribution in [2.24, 2.45) is 0 Å². The number of halogens is 3. The van der Waals surface area contributed by atoms with Crippen LogP contribution in [-0.4, -0.2) is 4.98 Å². The summed E-state index contributed by atoms with van der Waals surface area (Å²) in [5.74, 6) is -0.448. The van der Waals surface area contributed by atoms with E-state index in [4.69, 9.17) is 23.2 Å². The second kappa shape index (κ2) is 5.34. The quantitative estimate of drug-likeness (QED) is 0.848. The van der Waals surface area contributed by atoms with Crippen molar-refractivity contribution >= 4 is 28.9 Å².